The van der Waals surface area contributed by atoms with Gasteiger partial charge in [-0.15, -0.1) is 0 Å². The van der Waals surface area contributed by atoms with Gasteiger partial charge in [-0.25, -0.2) is 13.1 Å². The standard InChI is InChI=1S/C11H17NO4S/c1-15-7-8-16-11-5-3-10(4-6-11)9-12-17(2,13)14/h3-6,12H,7-9H2,1-2H3. The Morgan fingerprint density at radius 1 is 1.18 bits per heavy atom. The molecule has 0 fully saturated rings. The van der Waals surface area contributed by atoms with Gasteiger partial charge in [0.25, 0.3) is 0 Å². The number of hydrogen-bond acceptors (Lipinski definition) is 4. The fourth-order valence-corrected chi connectivity index (χ4v) is 1.59. The Morgan fingerprint density at radius 2 is 1.82 bits per heavy atom. The normalized spacial score (nSPS) is 11.4. The summed E-state index contributed by atoms with van der Waals surface area (Å²) in [4.78, 5) is 0. The van der Waals surface area contributed by atoms with Gasteiger partial charge >= 0.3 is 0 Å². The molecule has 1 aromatic rings. The van der Waals surface area contributed by atoms with Gasteiger partial charge in [-0.2, -0.15) is 0 Å². The Hall–Kier alpha value is -1.11. The number of methoxy groups -OCH3 is 1. The van der Waals surface area contributed by atoms with Crippen molar-refractivity contribution in [2.24, 2.45) is 0 Å². The summed E-state index contributed by atoms with van der Waals surface area (Å²) in [6.07, 6.45) is 1.13. The minimum absolute atomic E-state index is 0.289. The molecule has 0 amide bonds. The lowest BCUT2D eigenvalue weighted by Crippen LogP contribution is -2.21. The smallest absolute Gasteiger partial charge is 0.209 e. The average Bonchev–Trinajstić information content (AvgIpc) is 2.27. The van der Waals surface area contributed by atoms with Crippen LogP contribution in [0, 0.1) is 0 Å². The van der Waals surface area contributed by atoms with E-state index >= 15 is 0 Å². The SMILES string of the molecule is COCCOc1ccc(CNS(C)(=O)=O)cc1. The van der Waals surface area contributed by atoms with E-state index in [0.717, 1.165) is 17.6 Å². The maximum atomic E-state index is 10.9. The molecule has 0 saturated heterocycles. The summed E-state index contributed by atoms with van der Waals surface area (Å²) in [6.45, 7) is 1.33. The van der Waals surface area contributed by atoms with E-state index in [2.05, 4.69) is 4.72 Å². The molecule has 0 atom stereocenters. The van der Waals surface area contributed by atoms with Gasteiger partial charge in [0.05, 0.1) is 12.9 Å². The molecule has 0 aromatic heterocycles. The van der Waals surface area contributed by atoms with Crippen molar-refractivity contribution in [1.29, 1.82) is 0 Å². The molecule has 0 radical (unpaired) electrons. The van der Waals surface area contributed by atoms with E-state index in [1.807, 2.05) is 12.1 Å². The molecule has 0 unspecified atom stereocenters. The predicted molar refractivity (Wildman–Crippen MR) is 65.5 cm³/mol. The highest BCUT2D eigenvalue weighted by Crippen LogP contribution is 2.12. The highest BCUT2D eigenvalue weighted by atomic mass is 32.2. The second-order valence-electron chi connectivity index (χ2n) is 3.58. The van der Waals surface area contributed by atoms with E-state index in [9.17, 15) is 8.42 Å². The van der Waals surface area contributed by atoms with Crippen molar-refractivity contribution in [2.75, 3.05) is 26.6 Å². The molecule has 0 spiro atoms. The number of nitrogens with one attached hydrogen (secondary N) is 1. The lowest BCUT2D eigenvalue weighted by molar-refractivity contribution is 0.146. The number of hydrogen-bond donors (Lipinski definition) is 1. The molecular formula is C11H17NO4S. The third-order valence-corrected chi connectivity index (χ3v) is 2.69. The van der Waals surface area contributed by atoms with Gasteiger partial charge in [0.1, 0.15) is 12.4 Å². The number of rotatable bonds is 7. The maximum absolute atomic E-state index is 10.9. The molecular weight excluding hydrogens is 242 g/mol. The number of sulfonamides is 1. The van der Waals surface area contributed by atoms with Gasteiger partial charge in [0.15, 0.2) is 0 Å². The van der Waals surface area contributed by atoms with Gasteiger partial charge < -0.3 is 9.47 Å². The molecule has 0 bridgehead atoms. The van der Waals surface area contributed by atoms with Gasteiger partial charge in [-0.3, -0.25) is 0 Å². The van der Waals surface area contributed by atoms with Crippen LogP contribution in [-0.2, 0) is 21.3 Å². The molecule has 96 valence electrons. The highest BCUT2D eigenvalue weighted by Gasteiger charge is 2.01. The summed E-state index contributed by atoms with van der Waals surface area (Å²) >= 11 is 0. The van der Waals surface area contributed by atoms with Crippen molar-refractivity contribution < 1.29 is 17.9 Å². The largest absolute Gasteiger partial charge is 0.491 e. The van der Waals surface area contributed by atoms with Crippen LogP contribution in [0.25, 0.3) is 0 Å². The second kappa shape index (κ2) is 6.58. The van der Waals surface area contributed by atoms with Crippen molar-refractivity contribution in [1.82, 2.24) is 4.72 Å². The predicted octanol–water partition coefficient (Wildman–Crippen LogP) is 0.761. The van der Waals surface area contributed by atoms with Crippen molar-refractivity contribution in [3.63, 3.8) is 0 Å². The Kier molecular flexibility index (Phi) is 5.40. The molecule has 17 heavy (non-hydrogen) atoms. The first-order chi connectivity index (χ1) is 8.01. The Bertz CT molecular complexity index is 427. The summed E-state index contributed by atoms with van der Waals surface area (Å²) in [5, 5.41) is 0. The summed E-state index contributed by atoms with van der Waals surface area (Å²) in [5.74, 6) is 0.741. The molecule has 1 aromatic carbocycles. The van der Waals surface area contributed by atoms with Gasteiger partial charge in [-0.1, -0.05) is 12.1 Å². The van der Waals surface area contributed by atoms with E-state index in [4.69, 9.17) is 9.47 Å². The summed E-state index contributed by atoms with van der Waals surface area (Å²) in [7, 11) is -1.53. The third-order valence-electron chi connectivity index (χ3n) is 2.02. The van der Waals surface area contributed by atoms with Crippen LogP contribution in [-0.4, -0.2) is 35.0 Å². The zero-order valence-electron chi connectivity index (χ0n) is 9.97. The van der Waals surface area contributed by atoms with Crippen LogP contribution in [0.5, 0.6) is 5.75 Å². The van der Waals surface area contributed by atoms with Crippen molar-refractivity contribution in [3.8, 4) is 5.75 Å². The first-order valence-corrected chi connectivity index (χ1v) is 7.06. The molecule has 1 N–H and O–H groups in total. The molecule has 0 aliphatic carbocycles. The van der Waals surface area contributed by atoms with E-state index in [-0.39, 0.29) is 6.54 Å². The lowest BCUT2D eigenvalue weighted by Gasteiger charge is -2.07. The van der Waals surface area contributed by atoms with Crippen LogP contribution in [0.3, 0.4) is 0 Å². The first-order valence-electron chi connectivity index (χ1n) is 5.16. The van der Waals surface area contributed by atoms with Crippen LogP contribution < -0.4 is 9.46 Å². The van der Waals surface area contributed by atoms with Gasteiger partial charge in [0, 0.05) is 13.7 Å². The fraction of sp³-hybridized carbons (Fsp3) is 0.455. The lowest BCUT2D eigenvalue weighted by atomic mass is 10.2. The van der Waals surface area contributed by atoms with Gasteiger partial charge in [-0.05, 0) is 17.7 Å². The molecule has 0 aliphatic heterocycles. The minimum atomic E-state index is -3.15. The van der Waals surface area contributed by atoms with Crippen molar-refractivity contribution in [3.05, 3.63) is 29.8 Å². The molecule has 0 aliphatic rings. The van der Waals surface area contributed by atoms with Crippen LogP contribution in [0.2, 0.25) is 0 Å². The molecule has 1 rings (SSSR count). The Balaban J connectivity index is 2.44. The van der Waals surface area contributed by atoms with E-state index < -0.39 is 10.0 Å². The number of benzene rings is 1. The van der Waals surface area contributed by atoms with Crippen molar-refractivity contribution in [2.45, 2.75) is 6.54 Å². The second-order valence-corrected chi connectivity index (χ2v) is 5.41. The van der Waals surface area contributed by atoms with Gasteiger partial charge in [0.2, 0.25) is 10.0 Å². The molecule has 0 saturated carbocycles. The van der Waals surface area contributed by atoms with E-state index in [0.29, 0.717) is 13.2 Å². The van der Waals surface area contributed by atoms with E-state index in [1.165, 1.54) is 0 Å². The fourth-order valence-electron chi connectivity index (χ4n) is 1.16. The minimum Gasteiger partial charge on any atom is -0.491 e. The van der Waals surface area contributed by atoms with Crippen molar-refractivity contribution >= 4 is 10.0 Å². The maximum Gasteiger partial charge on any atom is 0.209 e. The molecule has 0 heterocycles. The zero-order chi connectivity index (χ0) is 12.7. The monoisotopic (exact) mass is 259 g/mol. The zero-order valence-corrected chi connectivity index (χ0v) is 10.8. The van der Waals surface area contributed by atoms with Crippen LogP contribution in [0.15, 0.2) is 24.3 Å². The Labute approximate surface area is 102 Å². The summed E-state index contributed by atoms with van der Waals surface area (Å²) in [5.41, 5.74) is 0.884. The molecule has 6 heteroatoms. The quantitative estimate of drug-likeness (QED) is 0.734. The highest BCUT2D eigenvalue weighted by molar-refractivity contribution is 7.88. The summed E-state index contributed by atoms with van der Waals surface area (Å²) in [6, 6.07) is 7.24. The third kappa shape index (κ3) is 6.25. The molecule has 5 nitrogen and oxygen atoms in total. The first kappa shape index (κ1) is 14.0. The average molecular weight is 259 g/mol. The number of ether oxygens (including phenoxy) is 2. The topological polar surface area (TPSA) is 64.6 Å². The van der Waals surface area contributed by atoms with Crippen LogP contribution >= 0.6 is 0 Å². The van der Waals surface area contributed by atoms with Crippen LogP contribution in [0.4, 0.5) is 0 Å². The van der Waals surface area contributed by atoms with E-state index in [1.54, 1.807) is 19.2 Å². The Morgan fingerprint density at radius 3 is 2.35 bits per heavy atom. The summed E-state index contributed by atoms with van der Waals surface area (Å²) < 4.78 is 34.5. The van der Waals surface area contributed by atoms with Crippen LogP contribution in [0.1, 0.15) is 5.56 Å².